The van der Waals surface area contributed by atoms with Crippen LogP contribution < -0.4 is 10.6 Å². The monoisotopic (exact) mass is 467 g/mol. The maximum Gasteiger partial charge on any atom is 0.191 e. The molecule has 2 N–H and O–H groups in total. The molecule has 0 atom stereocenters. The number of nitrogens with zero attached hydrogens (tertiary/aromatic N) is 3. The minimum absolute atomic E-state index is 0. The van der Waals surface area contributed by atoms with Crippen molar-refractivity contribution in [3.8, 4) is 0 Å². The first-order valence-corrected chi connectivity index (χ1v) is 9.44. The summed E-state index contributed by atoms with van der Waals surface area (Å²) in [6, 6.07) is 11.0. The van der Waals surface area contributed by atoms with E-state index in [0.29, 0.717) is 12.6 Å². The average molecular weight is 467 g/mol. The largest absolute Gasteiger partial charge is 0.357 e. The average Bonchev–Trinajstić information content (AvgIpc) is 3.15. The van der Waals surface area contributed by atoms with Gasteiger partial charge in [0.15, 0.2) is 5.96 Å². The fourth-order valence-electron chi connectivity index (χ4n) is 3.36. The lowest BCUT2D eigenvalue weighted by Crippen LogP contribution is -2.44. The molecule has 1 fully saturated rings. The number of hydrogen-bond acceptors (Lipinski definition) is 2. The van der Waals surface area contributed by atoms with Crippen molar-refractivity contribution >= 4 is 29.9 Å². The predicted octanol–water partition coefficient (Wildman–Crippen LogP) is 3.94. The molecule has 0 aliphatic heterocycles. The van der Waals surface area contributed by atoms with E-state index >= 15 is 0 Å². The van der Waals surface area contributed by atoms with Crippen LogP contribution in [-0.4, -0.2) is 28.3 Å². The molecule has 1 heterocycles. The molecular weight excluding hydrogens is 437 g/mol. The number of nitrogens with one attached hydrogen (secondary N) is 2. The summed E-state index contributed by atoms with van der Waals surface area (Å²) in [5.74, 6) is 0.934. The molecule has 0 unspecified atom stereocenters. The third-order valence-electron chi connectivity index (χ3n) is 4.71. The Hall–Kier alpha value is -1.57. The van der Waals surface area contributed by atoms with Crippen LogP contribution >= 0.6 is 24.0 Å². The van der Waals surface area contributed by atoms with Gasteiger partial charge in [0.25, 0.3) is 0 Å². The van der Waals surface area contributed by atoms with Crippen LogP contribution in [0.25, 0.3) is 0 Å². The molecule has 1 aliphatic carbocycles. The summed E-state index contributed by atoms with van der Waals surface area (Å²) < 4.78 is 1.95. The first-order valence-electron chi connectivity index (χ1n) is 9.44. The van der Waals surface area contributed by atoms with E-state index in [-0.39, 0.29) is 24.0 Å². The molecule has 0 radical (unpaired) electrons. The Kier molecular flexibility index (Phi) is 8.94. The van der Waals surface area contributed by atoms with E-state index in [0.717, 1.165) is 19.0 Å². The second-order valence-corrected chi connectivity index (χ2v) is 6.65. The van der Waals surface area contributed by atoms with Gasteiger partial charge in [0, 0.05) is 25.0 Å². The Balaban J connectivity index is 0.00000243. The highest BCUT2D eigenvalue weighted by Gasteiger charge is 2.14. The number of aromatic nitrogens is 2. The molecule has 6 heteroatoms. The fourth-order valence-corrected chi connectivity index (χ4v) is 3.36. The summed E-state index contributed by atoms with van der Waals surface area (Å²) in [4.78, 5) is 4.83. The zero-order valence-electron chi connectivity index (χ0n) is 15.5. The van der Waals surface area contributed by atoms with Gasteiger partial charge in [-0.05, 0) is 37.0 Å². The number of hydrogen-bond donors (Lipinski definition) is 2. The highest BCUT2D eigenvalue weighted by atomic mass is 127. The van der Waals surface area contributed by atoms with Crippen LogP contribution in [0.2, 0.25) is 0 Å². The quantitative estimate of drug-likeness (QED) is 0.385. The number of guanidine groups is 1. The summed E-state index contributed by atoms with van der Waals surface area (Å²) in [5, 5.41) is 11.3. The van der Waals surface area contributed by atoms with Gasteiger partial charge in [0.05, 0.1) is 13.1 Å². The molecule has 5 nitrogen and oxygen atoms in total. The molecule has 26 heavy (non-hydrogen) atoms. The van der Waals surface area contributed by atoms with Crippen LogP contribution in [0.4, 0.5) is 0 Å². The molecular formula is C20H30IN5. The third-order valence-corrected chi connectivity index (χ3v) is 4.71. The zero-order valence-corrected chi connectivity index (χ0v) is 17.9. The van der Waals surface area contributed by atoms with Gasteiger partial charge in [-0.2, -0.15) is 5.10 Å². The Morgan fingerprint density at radius 2 is 1.92 bits per heavy atom. The van der Waals surface area contributed by atoms with Crippen molar-refractivity contribution in [2.75, 3.05) is 6.54 Å². The van der Waals surface area contributed by atoms with Gasteiger partial charge in [0.2, 0.25) is 0 Å². The topological polar surface area (TPSA) is 54.2 Å². The van der Waals surface area contributed by atoms with Gasteiger partial charge < -0.3 is 10.6 Å². The van der Waals surface area contributed by atoms with E-state index in [1.54, 1.807) is 0 Å². The van der Waals surface area contributed by atoms with E-state index in [4.69, 9.17) is 4.99 Å². The standard InChI is InChI=1S/C20H29N5.HI/c1-2-21-20(24-19-11-4-3-5-12-19)22-15-17-9-6-7-10-18(17)16-25-14-8-13-23-25;/h6-10,13-14,19H,2-5,11-12,15-16H2,1H3,(H2,21,22,24);1H. The van der Waals surface area contributed by atoms with Crippen LogP contribution in [0.1, 0.15) is 50.2 Å². The number of halogens is 1. The molecule has 3 rings (SSSR count). The van der Waals surface area contributed by atoms with Crippen molar-refractivity contribution in [2.45, 2.75) is 58.2 Å². The van der Waals surface area contributed by atoms with Gasteiger partial charge in [-0.15, -0.1) is 24.0 Å². The van der Waals surface area contributed by atoms with E-state index < -0.39 is 0 Å². The molecule has 0 saturated heterocycles. The van der Waals surface area contributed by atoms with Crippen LogP contribution in [0.15, 0.2) is 47.7 Å². The van der Waals surface area contributed by atoms with Gasteiger partial charge in [0.1, 0.15) is 0 Å². The van der Waals surface area contributed by atoms with E-state index in [2.05, 4.69) is 46.9 Å². The van der Waals surface area contributed by atoms with E-state index in [9.17, 15) is 0 Å². The van der Waals surface area contributed by atoms with Crippen LogP contribution in [0, 0.1) is 0 Å². The Bertz CT molecular complexity index is 663. The molecule has 0 amide bonds. The van der Waals surface area contributed by atoms with Crippen LogP contribution in [0.3, 0.4) is 0 Å². The smallest absolute Gasteiger partial charge is 0.191 e. The fraction of sp³-hybridized carbons (Fsp3) is 0.500. The normalized spacial score (nSPS) is 15.3. The van der Waals surface area contributed by atoms with Gasteiger partial charge >= 0.3 is 0 Å². The molecule has 0 spiro atoms. The molecule has 2 aromatic rings. The van der Waals surface area contributed by atoms with Crippen molar-refractivity contribution in [3.63, 3.8) is 0 Å². The van der Waals surface area contributed by atoms with E-state index in [1.165, 1.54) is 43.2 Å². The maximum absolute atomic E-state index is 4.83. The van der Waals surface area contributed by atoms with Crippen LogP contribution in [-0.2, 0) is 13.1 Å². The Morgan fingerprint density at radius 1 is 1.15 bits per heavy atom. The SMILES string of the molecule is CCNC(=NCc1ccccc1Cn1cccn1)NC1CCCCC1.I. The number of rotatable bonds is 6. The van der Waals surface area contributed by atoms with Crippen molar-refractivity contribution < 1.29 is 0 Å². The second-order valence-electron chi connectivity index (χ2n) is 6.65. The second kappa shape index (κ2) is 11.2. The summed E-state index contributed by atoms with van der Waals surface area (Å²) >= 11 is 0. The van der Waals surface area contributed by atoms with E-state index in [1.807, 2.05) is 23.1 Å². The summed E-state index contributed by atoms with van der Waals surface area (Å²) in [7, 11) is 0. The Labute approximate surface area is 173 Å². The lowest BCUT2D eigenvalue weighted by atomic mass is 9.96. The van der Waals surface area contributed by atoms with Crippen molar-refractivity contribution in [1.82, 2.24) is 20.4 Å². The lowest BCUT2D eigenvalue weighted by Gasteiger charge is -2.25. The number of aliphatic imine (C=N–C) groups is 1. The highest BCUT2D eigenvalue weighted by molar-refractivity contribution is 14.0. The van der Waals surface area contributed by atoms with Gasteiger partial charge in [-0.25, -0.2) is 4.99 Å². The third kappa shape index (κ3) is 6.30. The van der Waals surface area contributed by atoms with Crippen molar-refractivity contribution in [3.05, 3.63) is 53.9 Å². The van der Waals surface area contributed by atoms with Gasteiger partial charge in [-0.1, -0.05) is 43.5 Å². The maximum atomic E-state index is 4.83. The molecule has 1 aliphatic rings. The zero-order chi connectivity index (χ0) is 17.3. The summed E-state index contributed by atoms with van der Waals surface area (Å²) in [5.41, 5.74) is 2.52. The Morgan fingerprint density at radius 3 is 2.62 bits per heavy atom. The molecule has 1 aromatic carbocycles. The number of benzene rings is 1. The molecule has 142 valence electrons. The lowest BCUT2D eigenvalue weighted by molar-refractivity contribution is 0.410. The molecule has 1 saturated carbocycles. The predicted molar refractivity (Wildman–Crippen MR) is 118 cm³/mol. The first-order chi connectivity index (χ1) is 12.3. The first kappa shape index (κ1) is 20.7. The summed E-state index contributed by atoms with van der Waals surface area (Å²) in [6.45, 7) is 4.46. The van der Waals surface area contributed by atoms with Crippen molar-refractivity contribution in [1.29, 1.82) is 0 Å². The van der Waals surface area contributed by atoms with Crippen LogP contribution in [0.5, 0.6) is 0 Å². The summed E-state index contributed by atoms with van der Waals surface area (Å²) in [6.07, 6.45) is 10.3. The highest BCUT2D eigenvalue weighted by Crippen LogP contribution is 2.17. The minimum Gasteiger partial charge on any atom is -0.357 e. The molecule has 0 bridgehead atoms. The van der Waals surface area contributed by atoms with Crippen molar-refractivity contribution in [2.24, 2.45) is 4.99 Å². The minimum atomic E-state index is 0. The molecule has 1 aromatic heterocycles. The van der Waals surface area contributed by atoms with Gasteiger partial charge in [-0.3, -0.25) is 4.68 Å².